The number of unbranched alkanes of at least 4 members (excludes halogenated alkanes) is 1. The van der Waals surface area contributed by atoms with Gasteiger partial charge in [0, 0.05) is 19.0 Å². The van der Waals surface area contributed by atoms with Crippen molar-refractivity contribution in [1.29, 1.82) is 0 Å². The largest absolute Gasteiger partial charge is 0.447 e. The lowest BCUT2D eigenvalue weighted by atomic mass is 10.3. The van der Waals surface area contributed by atoms with Crippen molar-refractivity contribution in [3.05, 3.63) is 0 Å². The molecule has 0 unspecified atom stereocenters. The highest BCUT2D eigenvalue weighted by Crippen LogP contribution is 1.90. The Hall–Kier alpha value is -0.550. The molecule has 1 amide bonds. The summed E-state index contributed by atoms with van der Waals surface area (Å²) in [4.78, 5) is 10.2. The fourth-order valence-corrected chi connectivity index (χ4v) is 0.452. The Morgan fingerprint density at radius 1 is 1.60 bits per heavy atom. The molecule has 0 aromatic heterocycles. The molecule has 0 aromatic rings. The molecule has 0 saturated heterocycles. The van der Waals surface area contributed by atoms with E-state index in [-0.39, 0.29) is 13.2 Å². The fraction of sp³-hybridized carbons (Fsp3) is 0.800. The average Bonchev–Trinajstić information content (AvgIpc) is 1.98. The summed E-state index contributed by atoms with van der Waals surface area (Å²) >= 11 is 4.05. The highest BCUT2D eigenvalue weighted by molar-refractivity contribution is 7.47. The molecule has 0 rings (SSSR count). The van der Waals surface area contributed by atoms with E-state index in [0.29, 0.717) is 12.8 Å². The summed E-state index contributed by atoms with van der Waals surface area (Å²) in [7, 11) is 0. The van der Waals surface area contributed by atoms with Crippen LogP contribution in [0.15, 0.2) is 4.36 Å². The Morgan fingerprint density at radius 2 is 2.30 bits per heavy atom. The Kier molecular flexibility index (Phi) is 6.21. The van der Waals surface area contributed by atoms with Crippen LogP contribution in [0.5, 0.6) is 0 Å². The minimum atomic E-state index is -0.729. The maximum absolute atomic E-state index is 10.2. The Bertz CT molecular complexity index is 117. The number of aliphatic hydroxyl groups excluding tert-OH is 1. The topological polar surface area (TPSA) is 58.9 Å². The van der Waals surface area contributed by atoms with Gasteiger partial charge in [-0.2, -0.15) is 0 Å². The highest BCUT2D eigenvalue weighted by atomic mass is 32.1. The lowest BCUT2D eigenvalue weighted by Gasteiger charge is -1.97. The number of hydrogen-bond donors (Lipinski definition) is 1. The smallest absolute Gasteiger partial charge is 0.445 e. The van der Waals surface area contributed by atoms with E-state index < -0.39 is 6.09 Å². The first kappa shape index (κ1) is 9.45. The molecule has 5 heteroatoms. The van der Waals surface area contributed by atoms with Crippen molar-refractivity contribution >= 4 is 18.5 Å². The van der Waals surface area contributed by atoms with E-state index in [1.54, 1.807) is 0 Å². The normalized spacial score (nSPS) is 8.90. The molecule has 1 N–H and O–H groups in total. The predicted octanol–water partition coefficient (Wildman–Crippen LogP) is 0.626. The van der Waals surface area contributed by atoms with Gasteiger partial charge in [0.15, 0.2) is 0 Å². The maximum Gasteiger partial charge on any atom is 0.445 e. The molecule has 0 saturated carbocycles. The number of amides is 1. The van der Waals surface area contributed by atoms with Crippen molar-refractivity contribution in [1.82, 2.24) is 0 Å². The lowest BCUT2D eigenvalue weighted by molar-refractivity contribution is 0.152. The van der Waals surface area contributed by atoms with Crippen LogP contribution in [-0.4, -0.2) is 24.4 Å². The summed E-state index contributed by atoms with van der Waals surface area (Å²) in [5, 5.41) is 8.30. The molecular weight excluding hydrogens is 154 g/mol. The minimum absolute atomic E-state index is 0.114. The van der Waals surface area contributed by atoms with Crippen molar-refractivity contribution < 1.29 is 14.6 Å². The van der Waals surface area contributed by atoms with Crippen LogP contribution in [0.4, 0.5) is 4.79 Å². The molecule has 0 aliphatic rings. The first-order chi connectivity index (χ1) is 4.81. The van der Waals surface area contributed by atoms with E-state index >= 15 is 0 Å². The van der Waals surface area contributed by atoms with Crippen molar-refractivity contribution in [3.63, 3.8) is 0 Å². The average molecular weight is 163 g/mol. The molecule has 10 heavy (non-hydrogen) atoms. The molecule has 0 aliphatic heterocycles. The van der Waals surface area contributed by atoms with E-state index in [1.165, 1.54) is 0 Å². The highest BCUT2D eigenvalue weighted by Gasteiger charge is 1.95. The van der Waals surface area contributed by atoms with Gasteiger partial charge >= 0.3 is 6.09 Å². The Balaban J connectivity index is 3.03. The van der Waals surface area contributed by atoms with Crippen LogP contribution in [0.2, 0.25) is 0 Å². The molecule has 0 fully saturated rings. The molecule has 0 aromatic carbocycles. The fourth-order valence-electron chi connectivity index (χ4n) is 0.400. The summed E-state index contributed by atoms with van der Waals surface area (Å²) in [6.07, 6.45) is 0.547. The van der Waals surface area contributed by atoms with Crippen molar-refractivity contribution in [3.8, 4) is 0 Å². The third kappa shape index (κ3) is 5.58. The Labute approximate surface area is 64.4 Å². The summed E-state index contributed by atoms with van der Waals surface area (Å²) < 4.78 is 7.32. The van der Waals surface area contributed by atoms with Crippen LogP contribution >= 0.6 is 0 Å². The number of nitrogens with zero attached hydrogens (tertiary/aromatic N) is 1. The third-order valence-corrected chi connectivity index (χ3v) is 1.00. The first-order valence-corrected chi connectivity index (χ1v) is 3.28. The second kappa shape index (κ2) is 6.57. The van der Waals surface area contributed by atoms with Gasteiger partial charge in [0.1, 0.15) is 0 Å². The van der Waals surface area contributed by atoms with Gasteiger partial charge < -0.3 is 9.84 Å². The van der Waals surface area contributed by atoms with Gasteiger partial charge in [-0.15, -0.1) is 4.36 Å². The van der Waals surface area contributed by atoms with Crippen LogP contribution < -0.4 is 0 Å². The van der Waals surface area contributed by atoms with Crippen LogP contribution in [0, 0.1) is 0 Å². The van der Waals surface area contributed by atoms with E-state index in [4.69, 9.17) is 5.11 Å². The zero-order valence-electron chi connectivity index (χ0n) is 5.45. The molecule has 0 aliphatic carbocycles. The van der Waals surface area contributed by atoms with Gasteiger partial charge in [0.25, 0.3) is 0 Å². The number of carbonyl (C=O) groups excluding carboxylic acids is 1. The van der Waals surface area contributed by atoms with E-state index in [9.17, 15) is 4.79 Å². The quantitative estimate of drug-likeness (QED) is 0.617. The summed E-state index contributed by atoms with van der Waals surface area (Å²) in [6.45, 7) is 0.391. The molecule has 0 heterocycles. The maximum atomic E-state index is 10.2. The van der Waals surface area contributed by atoms with Gasteiger partial charge in [0.05, 0.1) is 6.61 Å². The first-order valence-electron chi connectivity index (χ1n) is 2.92. The van der Waals surface area contributed by atoms with E-state index in [2.05, 4.69) is 21.5 Å². The zero-order chi connectivity index (χ0) is 7.82. The monoisotopic (exact) mass is 163 g/mol. The van der Waals surface area contributed by atoms with Crippen molar-refractivity contribution in [2.75, 3.05) is 13.2 Å². The van der Waals surface area contributed by atoms with Gasteiger partial charge in [-0.3, -0.25) is 0 Å². The van der Waals surface area contributed by atoms with Crippen molar-refractivity contribution in [2.45, 2.75) is 12.8 Å². The molecule has 0 spiro atoms. The van der Waals surface area contributed by atoms with Gasteiger partial charge in [0.2, 0.25) is 0 Å². The van der Waals surface area contributed by atoms with Crippen LogP contribution in [0.3, 0.4) is 0 Å². The number of aliphatic hydroxyl groups is 1. The summed E-state index contributed by atoms with van der Waals surface area (Å²) in [5.74, 6) is 0. The lowest BCUT2D eigenvalue weighted by Crippen LogP contribution is -2.00. The van der Waals surface area contributed by atoms with E-state index in [1.807, 2.05) is 0 Å². The SMILES string of the molecule is O=C(N=S)OCCCCO. The minimum Gasteiger partial charge on any atom is -0.447 e. The molecular formula is C5H9NO3S. The zero-order valence-corrected chi connectivity index (χ0v) is 6.26. The molecule has 0 bridgehead atoms. The summed E-state index contributed by atoms with van der Waals surface area (Å²) in [6, 6.07) is 0. The second-order valence-electron chi connectivity index (χ2n) is 1.64. The third-order valence-electron chi connectivity index (χ3n) is 0.853. The number of rotatable bonds is 4. The molecule has 0 radical (unpaired) electrons. The van der Waals surface area contributed by atoms with Gasteiger partial charge in [-0.05, 0) is 12.8 Å². The van der Waals surface area contributed by atoms with Crippen LogP contribution in [0.25, 0.3) is 0 Å². The van der Waals surface area contributed by atoms with E-state index in [0.717, 1.165) is 0 Å². The summed E-state index contributed by atoms with van der Waals surface area (Å²) in [5.41, 5.74) is 0. The molecule has 58 valence electrons. The number of hydrogen-bond acceptors (Lipinski definition) is 4. The van der Waals surface area contributed by atoms with Crippen LogP contribution in [-0.2, 0) is 17.2 Å². The second-order valence-corrected chi connectivity index (χ2v) is 1.82. The van der Waals surface area contributed by atoms with Crippen molar-refractivity contribution in [2.24, 2.45) is 4.36 Å². The van der Waals surface area contributed by atoms with Crippen LogP contribution in [0.1, 0.15) is 12.8 Å². The number of carbonyl (C=O) groups is 1. The standard InChI is InChI=1S/C5H9NO3S/c7-3-1-2-4-9-5(8)6-10/h7H,1-4H2. The molecule has 0 atom stereocenters. The molecule has 4 nitrogen and oxygen atoms in total. The van der Waals surface area contributed by atoms with Gasteiger partial charge in [-0.1, -0.05) is 0 Å². The Morgan fingerprint density at radius 3 is 2.80 bits per heavy atom. The van der Waals surface area contributed by atoms with Gasteiger partial charge in [-0.25, -0.2) is 4.79 Å². The number of ether oxygens (including phenoxy) is 1. The predicted molar refractivity (Wildman–Crippen MR) is 37.5 cm³/mol.